The number of carbonyl (C=O) groups is 1. The third-order valence-electron chi connectivity index (χ3n) is 5.37. The van der Waals surface area contributed by atoms with Gasteiger partial charge in [-0.1, -0.05) is 37.3 Å². The highest BCUT2D eigenvalue weighted by Crippen LogP contribution is 2.32. The second-order valence-electron chi connectivity index (χ2n) is 7.25. The number of benzene rings is 1. The molecule has 0 radical (unpaired) electrons. The molecule has 0 spiro atoms. The zero-order chi connectivity index (χ0) is 20.6. The van der Waals surface area contributed by atoms with Crippen molar-refractivity contribution in [1.82, 2.24) is 19.5 Å². The molecule has 0 unspecified atom stereocenters. The number of hydrogen-bond acceptors (Lipinski definition) is 3. The van der Waals surface area contributed by atoms with E-state index in [9.17, 15) is 18.0 Å². The molecule has 8 heteroatoms. The van der Waals surface area contributed by atoms with E-state index >= 15 is 0 Å². The highest BCUT2D eigenvalue weighted by molar-refractivity contribution is 5.93. The number of carbonyl (C=O) groups excluding carboxylic acids is 1. The lowest BCUT2D eigenvalue weighted by atomic mass is 9.99. The van der Waals surface area contributed by atoms with Gasteiger partial charge in [0.25, 0.3) is 5.91 Å². The maximum absolute atomic E-state index is 13.7. The SMILES string of the molecule is CC[C@H]1CCCCN1C(=O)c1cc2nc(-c3ccccc3)cc(C(F)(F)F)n2n1. The third kappa shape index (κ3) is 3.71. The molecule has 0 N–H and O–H groups in total. The van der Waals surface area contributed by atoms with Gasteiger partial charge in [-0.25, -0.2) is 9.50 Å². The van der Waals surface area contributed by atoms with Gasteiger partial charge in [-0.2, -0.15) is 18.3 Å². The zero-order valence-electron chi connectivity index (χ0n) is 16.0. The van der Waals surface area contributed by atoms with Crippen LogP contribution in [0.2, 0.25) is 0 Å². The molecule has 1 aromatic carbocycles. The number of likely N-dealkylation sites (tertiary alicyclic amines) is 1. The van der Waals surface area contributed by atoms with Crippen LogP contribution in [0.4, 0.5) is 13.2 Å². The Morgan fingerprint density at radius 3 is 2.62 bits per heavy atom. The average molecular weight is 402 g/mol. The Kier molecular flexibility index (Phi) is 5.02. The van der Waals surface area contributed by atoms with E-state index in [-0.39, 0.29) is 29.0 Å². The predicted molar refractivity (Wildman–Crippen MR) is 102 cm³/mol. The Morgan fingerprint density at radius 1 is 1.17 bits per heavy atom. The second kappa shape index (κ2) is 7.50. The lowest BCUT2D eigenvalue weighted by Crippen LogP contribution is -2.43. The van der Waals surface area contributed by atoms with Gasteiger partial charge in [-0.05, 0) is 31.7 Å². The first-order chi connectivity index (χ1) is 13.9. The molecule has 1 aliphatic rings. The van der Waals surface area contributed by atoms with Crippen molar-refractivity contribution in [3.05, 3.63) is 53.9 Å². The molecule has 5 nitrogen and oxygen atoms in total. The summed E-state index contributed by atoms with van der Waals surface area (Å²) >= 11 is 0. The largest absolute Gasteiger partial charge is 0.433 e. The number of fused-ring (bicyclic) bond motifs is 1. The molecular weight excluding hydrogens is 381 g/mol. The highest BCUT2D eigenvalue weighted by atomic mass is 19.4. The number of aromatic nitrogens is 3. The minimum atomic E-state index is -4.63. The van der Waals surface area contributed by atoms with Crippen molar-refractivity contribution in [2.75, 3.05) is 6.54 Å². The number of amides is 1. The van der Waals surface area contributed by atoms with E-state index in [1.54, 1.807) is 35.2 Å². The summed E-state index contributed by atoms with van der Waals surface area (Å²) in [5.41, 5.74) is -0.197. The first kappa shape index (κ1) is 19.4. The molecule has 1 fully saturated rings. The Balaban J connectivity index is 1.81. The fourth-order valence-corrected chi connectivity index (χ4v) is 3.88. The van der Waals surface area contributed by atoms with Crippen LogP contribution in [0.1, 0.15) is 48.8 Å². The number of rotatable bonds is 3. The van der Waals surface area contributed by atoms with Crippen molar-refractivity contribution in [3.8, 4) is 11.3 Å². The van der Waals surface area contributed by atoms with E-state index in [2.05, 4.69) is 10.1 Å². The summed E-state index contributed by atoms with van der Waals surface area (Å²) in [5, 5.41) is 4.00. The molecular formula is C21H21F3N4O. The molecule has 0 bridgehead atoms. The van der Waals surface area contributed by atoms with Crippen molar-refractivity contribution in [1.29, 1.82) is 0 Å². The molecule has 1 saturated heterocycles. The lowest BCUT2D eigenvalue weighted by molar-refractivity contribution is -0.142. The molecule has 3 aromatic rings. The first-order valence-corrected chi connectivity index (χ1v) is 9.73. The molecule has 0 aliphatic carbocycles. The van der Waals surface area contributed by atoms with E-state index in [1.165, 1.54) is 6.07 Å². The van der Waals surface area contributed by atoms with Crippen LogP contribution >= 0.6 is 0 Å². The van der Waals surface area contributed by atoms with Crippen molar-refractivity contribution in [2.45, 2.75) is 44.8 Å². The molecule has 1 aliphatic heterocycles. The maximum atomic E-state index is 13.7. The van der Waals surface area contributed by atoms with E-state index in [0.29, 0.717) is 12.1 Å². The molecule has 152 valence electrons. The summed E-state index contributed by atoms with van der Waals surface area (Å²) in [7, 11) is 0. The van der Waals surface area contributed by atoms with Crippen LogP contribution in [0, 0.1) is 0 Å². The van der Waals surface area contributed by atoms with E-state index < -0.39 is 11.9 Å². The van der Waals surface area contributed by atoms with Crippen LogP contribution in [0.25, 0.3) is 16.9 Å². The van der Waals surface area contributed by atoms with Crippen LogP contribution < -0.4 is 0 Å². The van der Waals surface area contributed by atoms with Gasteiger partial charge < -0.3 is 4.90 Å². The van der Waals surface area contributed by atoms with Crippen molar-refractivity contribution >= 4 is 11.6 Å². The Hall–Kier alpha value is -2.90. The monoisotopic (exact) mass is 402 g/mol. The predicted octanol–water partition coefficient (Wildman–Crippen LogP) is 4.82. The topological polar surface area (TPSA) is 50.5 Å². The summed E-state index contributed by atoms with van der Waals surface area (Å²) in [5.74, 6) is -0.337. The average Bonchev–Trinajstić information content (AvgIpc) is 3.16. The highest BCUT2D eigenvalue weighted by Gasteiger charge is 2.36. The van der Waals surface area contributed by atoms with Crippen LogP contribution in [-0.4, -0.2) is 38.0 Å². The van der Waals surface area contributed by atoms with Gasteiger partial charge in [-0.3, -0.25) is 4.79 Å². The molecule has 1 amide bonds. The van der Waals surface area contributed by atoms with Gasteiger partial charge >= 0.3 is 6.18 Å². The van der Waals surface area contributed by atoms with E-state index in [0.717, 1.165) is 36.3 Å². The minimum Gasteiger partial charge on any atom is -0.334 e. The zero-order valence-corrected chi connectivity index (χ0v) is 16.0. The molecule has 4 rings (SSSR count). The summed E-state index contributed by atoms with van der Waals surface area (Å²) in [6.07, 6.45) is -0.981. The minimum absolute atomic E-state index is 0.00596. The number of alkyl halides is 3. The summed E-state index contributed by atoms with van der Waals surface area (Å²) in [6.45, 7) is 2.61. The Labute approximate surface area is 166 Å². The maximum Gasteiger partial charge on any atom is 0.433 e. The summed E-state index contributed by atoms with van der Waals surface area (Å²) in [4.78, 5) is 19.1. The molecule has 29 heavy (non-hydrogen) atoms. The van der Waals surface area contributed by atoms with Gasteiger partial charge in [0.1, 0.15) is 0 Å². The second-order valence-corrected chi connectivity index (χ2v) is 7.25. The first-order valence-electron chi connectivity index (χ1n) is 9.73. The standard InChI is InChI=1S/C21H21F3N4O/c1-2-15-10-6-7-11-27(15)20(29)17-13-19-25-16(14-8-4-3-5-9-14)12-18(21(22,23)24)28(19)26-17/h3-5,8-9,12-13,15H,2,6-7,10-11H2,1H3/t15-/m0/s1. The molecule has 2 aromatic heterocycles. The van der Waals surface area contributed by atoms with Gasteiger partial charge in [0.15, 0.2) is 17.0 Å². The third-order valence-corrected chi connectivity index (χ3v) is 5.37. The Morgan fingerprint density at radius 2 is 1.93 bits per heavy atom. The van der Waals surface area contributed by atoms with E-state index in [4.69, 9.17) is 0 Å². The van der Waals surface area contributed by atoms with Crippen molar-refractivity contribution in [2.24, 2.45) is 0 Å². The van der Waals surface area contributed by atoms with Crippen molar-refractivity contribution < 1.29 is 18.0 Å². The normalized spacial score (nSPS) is 17.7. The van der Waals surface area contributed by atoms with Gasteiger partial charge in [0, 0.05) is 24.2 Å². The quantitative estimate of drug-likeness (QED) is 0.631. The van der Waals surface area contributed by atoms with E-state index in [1.807, 2.05) is 6.92 Å². The van der Waals surface area contributed by atoms with Crippen molar-refractivity contribution in [3.63, 3.8) is 0 Å². The van der Waals surface area contributed by atoms with Crippen LogP contribution in [0.3, 0.4) is 0 Å². The fraction of sp³-hybridized carbons (Fsp3) is 0.381. The van der Waals surface area contributed by atoms with Gasteiger partial charge in [-0.15, -0.1) is 0 Å². The van der Waals surface area contributed by atoms with Gasteiger partial charge in [0.2, 0.25) is 0 Å². The van der Waals surface area contributed by atoms with Crippen LogP contribution in [-0.2, 0) is 6.18 Å². The summed E-state index contributed by atoms with van der Waals surface area (Å²) < 4.78 is 41.9. The smallest absolute Gasteiger partial charge is 0.334 e. The number of hydrogen-bond donors (Lipinski definition) is 0. The Bertz CT molecular complexity index is 1030. The number of halogens is 3. The lowest BCUT2D eigenvalue weighted by Gasteiger charge is -2.34. The number of piperidine rings is 1. The van der Waals surface area contributed by atoms with Gasteiger partial charge in [0.05, 0.1) is 5.69 Å². The molecule has 0 saturated carbocycles. The van der Waals surface area contributed by atoms with Crippen LogP contribution in [0.15, 0.2) is 42.5 Å². The number of nitrogens with zero attached hydrogens (tertiary/aromatic N) is 4. The molecule has 1 atom stereocenters. The fourth-order valence-electron chi connectivity index (χ4n) is 3.88. The summed E-state index contributed by atoms with van der Waals surface area (Å²) in [6, 6.07) is 11.1. The van der Waals surface area contributed by atoms with Crippen LogP contribution in [0.5, 0.6) is 0 Å². The molecule has 3 heterocycles.